The van der Waals surface area contributed by atoms with Crippen LogP contribution in [0.3, 0.4) is 0 Å². The predicted octanol–water partition coefficient (Wildman–Crippen LogP) is 5.41. The molecule has 0 atom stereocenters. The van der Waals surface area contributed by atoms with Gasteiger partial charge in [-0.25, -0.2) is 9.78 Å². The molecule has 0 bridgehead atoms. The molecule has 0 saturated carbocycles. The van der Waals surface area contributed by atoms with E-state index in [1.807, 2.05) is 78.9 Å². The number of nitrogens with one attached hydrogen (secondary N) is 1. The molecule has 38 heavy (non-hydrogen) atoms. The van der Waals surface area contributed by atoms with Crippen LogP contribution in [0.15, 0.2) is 114 Å². The van der Waals surface area contributed by atoms with E-state index in [1.165, 1.54) is 0 Å². The maximum atomic E-state index is 13.6. The standard InChI is InChI=1S/C31H24N4O3/c36-26-16-8-14-23-13-7-15-24(28(23)26)30(37)33-27-18-17-25-29(32-27)35(20-22-11-5-2-6-12-22)31(38)34(25)19-21-9-3-1-4-10-21/h1-18,36H,19-20H2,(H,32,33,37). The van der Waals surface area contributed by atoms with Crippen molar-refractivity contribution in [3.8, 4) is 5.75 Å². The van der Waals surface area contributed by atoms with Gasteiger partial charge in [0.2, 0.25) is 0 Å². The topological polar surface area (TPSA) is 89.2 Å². The van der Waals surface area contributed by atoms with Gasteiger partial charge >= 0.3 is 5.69 Å². The lowest BCUT2D eigenvalue weighted by atomic mass is 10.0. The van der Waals surface area contributed by atoms with Gasteiger partial charge in [0.15, 0.2) is 5.65 Å². The summed E-state index contributed by atoms with van der Waals surface area (Å²) in [4.78, 5) is 31.6. The predicted molar refractivity (Wildman–Crippen MR) is 149 cm³/mol. The van der Waals surface area contributed by atoms with Gasteiger partial charge in [0.05, 0.1) is 24.2 Å². The largest absolute Gasteiger partial charge is 0.507 e. The van der Waals surface area contributed by atoms with E-state index >= 15 is 0 Å². The van der Waals surface area contributed by atoms with Gasteiger partial charge in [-0.3, -0.25) is 13.9 Å². The Bertz CT molecular complexity index is 1840. The van der Waals surface area contributed by atoms with Crippen LogP contribution in [-0.4, -0.2) is 25.1 Å². The number of phenols is 1. The number of imidazole rings is 1. The Balaban J connectivity index is 1.42. The lowest BCUT2D eigenvalue weighted by Gasteiger charge is -2.10. The normalized spacial score (nSPS) is 11.2. The Labute approximate surface area is 218 Å². The molecule has 0 aliphatic heterocycles. The van der Waals surface area contributed by atoms with Crippen LogP contribution in [0, 0.1) is 0 Å². The molecule has 4 aromatic carbocycles. The Morgan fingerprint density at radius 3 is 2.05 bits per heavy atom. The first kappa shape index (κ1) is 23.2. The van der Waals surface area contributed by atoms with Gasteiger partial charge in [0, 0.05) is 5.39 Å². The zero-order valence-electron chi connectivity index (χ0n) is 20.4. The van der Waals surface area contributed by atoms with Crippen LogP contribution >= 0.6 is 0 Å². The van der Waals surface area contributed by atoms with Crippen molar-refractivity contribution in [1.82, 2.24) is 14.1 Å². The summed E-state index contributed by atoms with van der Waals surface area (Å²) in [6.07, 6.45) is 0. The number of aromatic hydroxyl groups is 1. The number of hydrogen-bond donors (Lipinski definition) is 2. The number of carbonyl (C=O) groups excluding carboxylic acids is 1. The number of benzene rings is 4. The van der Waals surface area contributed by atoms with Crippen LogP contribution in [0.4, 0.5) is 5.82 Å². The third-order valence-electron chi connectivity index (χ3n) is 6.60. The van der Waals surface area contributed by atoms with Crippen molar-refractivity contribution >= 4 is 33.7 Å². The molecule has 6 aromatic rings. The highest BCUT2D eigenvalue weighted by atomic mass is 16.3. The van der Waals surface area contributed by atoms with E-state index < -0.39 is 5.91 Å². The molecule has 7 heteroatoms. The highest BCUT2D eigenvalue weighted by molar-refractivity contribution is 6.14. The summed E-state index contributed by atoms with van der Waals surface area (Å²) in [5, 5.41) is 14.5. The Morgan fingerprint density at radius 2 is 1.37 bits per heavy atom. The molecule has 0 fully saturated rings. The van der Waals surface area contributed by atoms with Crippen molar-refractivity contribution in [1.29, 1.82) is 0 Å². The highest BCUT2D eigenvalue weighted by Gasteiger charge is 2.18. The Kier molecular flexibility index (Phi) is 5.94. The van der Waals surface area contributed by atoms with Crippen molar-refractivity contribution in [3.63, 3.8) is 0 Å². The number of phenolic OH excluding ortho intramolecular Hbond substituents is 1. The third kappa shape index (κ3) is 4.30. The summed E-state index contributed by atoms with van der Waals surface area (Å²) in [6, 6.07) is 33.4. The van der Waals surface area contributed by atoms with Gasteiger partial charge in [0.1, 0.15) is 11.6 Å². The smallest absolute Gasteiger partial charge is 0.330 e. The quantitative estimate of drug-likeness (QED) is 0.320. The van der Waals surface area contributed by atoms with Crippen molar-refractivity contribution < 1.29 is 9.90 Å². The number of rotatable bonds is 6. The van der Waals surface area contributed by atoms with E-state index in [4.69, 9.17) is 4.98 Å². The van der Waals surface area contributed by atoms with Crippen LogP contribution in [-0.2, 0) is 13.1 Å². The second kappa shape index (κ2) is 9.71. The second-order valence-corrected chi connectivity index (χ2v) is 9.10. The molecule has 0 aliphatic rings. The first-order chi connectivity index (χ1) is 18.6. The van der Waals surface area contributed by atoms with E-state index in [2.05, 4.69) is 5.32 Å². The first-order valence-electron chi connectivity index (χ1n) is 12.3. The highest BCUT2D eigenvalue weighted by Crippen LogP contribution is 2.28. The molecule has 2 aromatic heterocycles. The number of fused-ring (bicyclic) bond motifs is 2. The van der Waals surface area contributed by atoms with Gasteiger partial charge in [-0.15, -0.1) is 0 Å². The van der Waals surface area contributed by atoms with E-state index in [0.717, 1.165) is 16.5 Å². The number of anilines is 1. The zero-order chi connectivity index (χ0) is 26.1. The lowest BCUT2D eigenvalue weighted by Crippen LogP contribution is -2.25. The summed E-state index contributed by atoms with van der Waals surface area (Å²) >= 11 is 0. The number of hydrogen-bond acceptors (Lipinski definition) is 4. The fourth-order valence-electron chi connectivity index (χ4n) is 4.78. The van der Waals surface area contributed by atoms with Crippen LogP contribution in [0.5, 0.6) is 5.75 Å². The number of amides is 1. The van der Waals surface area contributed by atoms with Crippen molar-refractivity contribution in [2.45, 2.75) is 13.1 Å². The van der Waals surface area contributed by atoms with E-state index in [1.54, 1.807) is 39.5 Å². The zero-order valence-corrected chi connectivity index (χ0v) is 20.4. The molecule has 0 saturated heterocycles. The molecular formula is C31H24N4O3. The fraction of sp³-hybridized carbons (Fsp3) is 0.0645. The number of pyridine rings is 1. The van der Waals surface area contributed by atoms with Crippen LogP contribution in [0.2, 0.25) is 0 Å². The Hall–Kier alpha value is -5.17. The molecule has 6 rings (SSSR count). The van der Waals surface area contributed by atoms with Crippen molar-refractivity contribution in [3.05, 3.63) is 136 Å². The number of carbonyl (C=O) groups is 1. The summed E-state index contributed by atoms with van der Waals surface area (Å²) in [6.45, 7) is 0.750. The van der Waals surface area contributed by atoms with Crippen molar-refractivity contribution in [2.75, 3.05) is 5.32 Å². The molecule has 0 aliphatic carbocycles. The molecular weight excluding hydrogens is 476 g/mol. The van der Waals surface area contributed by atoms with Crippen molar-refractivity contribution in [2.24, 2.45) is 0 Å². The summed E-state index contributed by atoms with van der Waals surface area (Å²) < 4.78 is 3.34. The average Bonchev–Trinajstić information content (AvgIpc) is 3.19. The van der Waals surface area contributed by atoms with E-state index in [-0.39, 0.29) is 11.4 Å². The van der Waals surface area contributed by atoms with Gasteiger partial charge in [-0.05, 0) is 40.8 Å². The molecule has 1 amide bonds. The molecule has 186 valence electrons. The second-order valence-electron chi connectivity index (χ2n) is 9.10. The monoisotopic (exact) mass is 500 g/mol. The molecule has 0 spiro atoms. The SMILES string of the molecule is O=C(Nc1ccc2c(n1)n(Cc1ccccc1)c(=O)n2Cc1ccccc1)c1cccc2cccc(O)c12. The summed E-state index contributed by atoms with van der Waals surface area (Å²) in [5.41, 5.74) is 3.29. The third-order valence-corrected chi connectivity index (χ3v) is 6.60. The maximum Gasteiger partial charge on any atom is 0.330 e. The molecule has 2 heterocycles. The first-order valence-corrected chi connectivity index (χ1v) is 12.3. The summed E-state index contributed by atoms with van der Waals surface area (Å²) in [5.74, 6) is -0.0513. The molecule has 0 radical (unpaired) electrons. The van der Waals surface area contributed by atoms with Crippen LogP contribution in [0.1, 0.15) is 21.5 Å². The Morgan fingerprint density at radius 1 is 0.737 bits per heavy atom. The minimum absolute atomic E-state index is 0.0337. The summed E-state index contributed by atoms with van der Waals surface area (Å²) in [7, 11) is 0. The molecule has 2 N–H and O–H groups in total. The number of aromatic nitrogens is 3. The van der Waals surface area contributed by atoms with Gasteiger partial charge < -0.3 is 10.4 Å². The van der Waals surface area contributed by atoms with E-state index in [0.29, 0.717) is 41.0 Å². The fourth-order valence-corrected chi connectivity index (χ4v) is 4.78. The van der Waals surface area contributed by atoms with Gasteiger partial charge in [-0.2, -0.15) is 0 Å². The lowest BCUT2D eigenvalue weighted by molar-refractivity contribution is 0.102. The minimum atomic E-state index is -0.398. The van der Waals surface area contributed by atoms with Gasteiger partial charge in [-0.1, -0.05) is 84.9 Å². The van der Waals surface area contributed by atoms with Crippen LogP contribution in [0.25, 0.3) is 21.9 Å². The molecule has 7 nitrogen and oxygen atoms in total. The minimum Gasteiger partial charge on any atom is -0.507 e. The average molecular weight is 501 g/mol. The number of nitrogens with zero attached hydrogens (tertiary/aromatic N) is 3. The molecule has 0 unspecified atom stereocenters. The van der Waals surface area contributed by atoms with E-state index in [9.17, 15) is 14.7 Å². The maximum absolute atomic E-state index is 13.6. The van der Waals surface area contributed by atoms with Gasteiger partial charge in [0.25, 0.3) is 5.91 Å². The van der Waals surface area contributed by atoms with Crippen LogP contribution < -0.4 is 11.0 Å².